The standard InChI is InChI=1S/C14H26N2O3/c1-4-11-5-7-14(8-6-11,12(17)18)16-13(19)15-9-10(2)3/h10-11H,4-9H2,1-3H3,(H,17,18)(H2,15,16,19). The van der Waals surface area contributed by atoms with Crippen molar-refractivity contribution in [3.8, 4) is 0 Å². The Morgan fingerprint density at radius 2 is 1.89 bits per heavy atom. The first-order valence-electron chi connectivity index (χ1n) is 7.19. The molecule has 1 rings (SSSR count). The van der Waals surface area contributed by atoms with Gasteiger partial charge >= 0.3 is 12.0 Å². The van der Waals surface area contributed by atoms with Crippen molar-refractivity contribution in [3.63, 3.8) is 0 Å². The summed E-state index contributed by atoms with van der Waals surface area (Å²) in [6.45, 7) is 6.68. The van der Waals surface area contributed by atoms with E-state index in [2.05, 4.69) is 17.6 Å². The van der Waals surface area contributed by atoms with Crippen molar-refractivity contribution < 1.29 is 14.7 Å². The van der Waals surface area contributed by atoms with Crippen LogP contribution in [0.2, 0.25) is 0 Å². The van der Waals surface area contributed by atoms with Crippen molar-refractivity contribution in [1.82, 2.24) is 10.6 Å². The van der Waals surface area contributed by atoms with Gasteiger partial charge in [0.05, 0.1) is 0 Å². The molecule has 1 aliphatic rings. The molecule has 5 heteroatoms. The molecule has 0 aromatic carbocycles. The quantitative estimate of drug-likeness (QED) is 0.717. The van der Waals surface area contributed by atoms with E-state index in [1.165, 1.54) is 0 Å². The van der Waals surface area contributed by atoms with Crippen LogP contribution in [0.25, 0.3) is 0 Å². The van der Waals surface area contributed by atoms with E-state index < -0.39 is 11.5 Å². The Morgan fingerprint density at radius 3 is 2.32 bits per heavy atom. The molecule has 0 bridgehead atoms. The largest absolute Gasteiger partial charge is 0.480 e. The van der Waals surface area contributed by atoms with E-state index >= 15 is 0 Å². The van der Waals surface area contributed by atoms with Gasteiger partial charge in [-0.3, -0.25) is 0 Å². The number of hydrogen-bond acceptors (Lipinski definition) is 2. The third-order valence-electron chi connectivity index (χ3n) is 3.97. The number of hydrogen-bond donors (Lipinski definition) is 3. The number of aliphatic carboxylic acids is 1. The third-order valence-corrected chi connectivity index (χ3v) is 3.97. The zero-order valence-corrected chi connectivity index (χ0v) is 12.2. The average molecular weight is 270 g/mol. The Labute approximate surface area is 115 Å². The van der Waals surface area contributed by atoms with Crippen LogP contribution >= 0.6 is 0 Å². The van der Waals surface area contributed by atoms with Gasteiger partial charge in [0, 0.05) is 6.54 Å². The highest BCUT2D eigenvalue weighted by molar-refractivity contribution is 5.86. The molecular weight excluding hydrogens is 244 g/mol. The lowest BCUT2D eigenvalue weighted by atomic mass is 9.75. The minimum atomic E-state index is -1.08. The number of rotatable bonds is 5. The lowest BCUT2D eigenvalue weighted by Gasteiger charge is -2.37. The Bertz CT molecular complexity index is 321. The van der Waals surface area contributed by atoms with E-state index in [9.17, 15) is 14.7 Å². The molecule has 0 atom stereocenters. The molecular formula is C14H26N2O3. The number of carboxylic acids is 1. The molecule has 1 aliphatic carbocycles. The van der Waals surface area contributed by atoms with Crippen LogP contribution in [-0.2, 0) is 4.79 Å². The molecule has 19 heavy (non-hydrogen) atoms. The Balaban J connectivity index is 2.58. The second-order valence-electron chi connectivity index (χ2n) is 5.97. The van der Waals surface area contributed by atoms with Crippen LogP contribution in [0.4, 0.5) is 4.79 Å². The van der Waals surface area contributed by atoms with Gasteiger partial charge in [0.15, 0.2) is 0 Å². The van der Waals surface area contributed by atoms with E-state index in [-0.39, 0.29) is 6.03 Å². The first-order chi connectivity index (χ1) is 8.89. The maximum absolute atomic E-state index is 11.8. The molecule has 1 fully saturated rings. The normalized spacial score (nSPS) is 27.1. The van der Waals surface area contributed by atoms with Crippen LogP contribution in [-0.4, -0.2) is 29.2 Å². The van der Waals surface area contributed by atoms with Crippen LogP contribution in [0, 0.1) is 11.8 Å². The smallest absolute Gasteiger partial charge is 0.329 e. The molecule has 0 aromatic heterocycles. The van der Waals surface area contributed by atoms with Gasteiger partial charge in [-0.25, -0.2) is 9.59 Å². The number of carbonyl (C=O) groups excluding carboxylic acids is 1. The molecule has 0 unspecified atom stereocenters. The lowest BCUT2D eigenvalue weighted by Crippen LogP contribution is -2.58. The zero-order chi connectivity index (χ0) is 14.5. The summed E-state index contributed by atoms with van der Waals surface area (Å²) in [7, 11) is 0. The summed E-state index contributed by atoms with van der Waals surface area (Å²) in [6, 6.07) is -0.369. The predicted molar refractivity (Wildman–Crippen MR) is 74.0 cm³/mol. The van der Waals surface area contributed by atoms with Crippen LogP contribution in [0.15, 0.2) is 0 Å². The predicted octanol–water partition coefficient (Wildman–Crippen LogP) is 2.37. The second kappa shape index (κ2) is 6.78. The van der Waals surface area contributed by atoms with Crippen molar-refractivity contribution >= 4 is 12.0 Å². The summed E-state index contributed by atoms with van der Waals surface area (Å²) in [5.74, 6) is 0.0251. The number of amides is 2. The Morgan fingerprint density at radius 1 is 1.32 bits per heavy atom. The van der Waals surface area contributed by atoms with E-state index in [1.54, 1.807) is 0 Å². The van der Waals surface area contributed by atoms with Gasteiger partial charge in [-0.05, 0) is 37.5 Å². The van der Waals surface area contributed by atoms with Crippen molar-refractivity contribution in [2.75, 3.05) is 6.54 Å². The van der Waals surface area contributed by atoms with Crippen LogP contribution in [0.5, 0.6) is 0 Å². The van der Waals surface area contributed by atoms with Gasteiger partial charge in [0.25, 0.3) is 0 Å². The molecule has 5 nitrogen and oxygen atoms in total. The summed E-state index contributed by atoms with van der Waals surface area (Å²) < 4.78 is 0. The fourth-order valence-electron chi connectivity index (χ4n) is 2.53. The molecule has 0 heterocycles. The minimum Gasteiger partial charge on any atom is -0.480 e. The summed E-state index contributed by atoms with van der Waals surface area (Å²) in [5, 5.41) is 14.8. The van der Waals surface area contributed by atoms with Crippen LogP contribution in [0.3, 0.4) is 0 Å². The van der Waals surface area contributed by atoms with Gasteiger partial charge in [0.1, 0.15) is 5.54 Å². The summed E-state index contributed by atoms with van der Waals surface area (Å²) in [5.41, 5.74) is -1.08. The average Bonchev–Trinajstić information content (AvgIpc) is 2.37. The topological polar surface area (TPSA) is 78.4 Å². The monoisotopic (exact) mass is 270 g/mol. The Hall–Kier alpha value is -1.26. The van der Waals surface area contributed by atoms with Crippen molar-refractivity contribution in [3.05, 3.63) is 0 Å². The van der Waals surface area contributed by atoms with Crippen molar-refractivity contribution in [1.29, 1.82) is 0 Å². The first-order valence-corrected chi connectivity index (χ1v) is 7.19. The first kappa shape index (κ1) is 15.8. The lowest BCUT2D eigenvalue weighted by molar-refractivity contribution is -0.146. The zero-order valence-electron chi connectivity index (χ0n) is 12.2. The highest BCUT2D eigenvalue weighted by Crippen LogP contribution is 2.33. The van der Waals surface area contributed by atoms with E-state index in [0.717, 1.165) is 19.3 Å². The van der Waals surface area contributed by atoms with Crippen molar-refractivity contribution in [2.45, 2.75) is 58.4 Å². The minimum absolute atomic E-state index is 0.349. The van der Waals surface area contributed by atoms with Gasteiger partial charge in [-0.15, -0.1) is 0 Å². The Kier molecular flexibility index (Phi) is 5.63. The van der Waals surface area contributed by atoms with Crippen LogP contribution < -0.4 is 10.6 Å². The molecule has 2 amide bonds. The number of carbonyl (C=O) groups is 2. The molecule has 0 spiro atoms. The molecule has 1 saturated carbocycles. The second-order valence-corrected chi connectivity index (χ2v) is 5.97. The highest BCUT2D eigenvalue weighted by atomic mass is 16.4. The third kappa shape index (κ3) is 4.40. The maximum Gasteiger partial charge on any atom is 0.329 e. The summed E-state index contributed by atoms with van der Waals surface area (Å²) in [6.07, 6.45) is 3.86. The molecule has 0 aliphatic heterocycles. The van der Waals surface area contributed by atoms with Gasteiger partial charge < -0.3 is 15.7 Å². The van der Waals surface area contributed by atoms with E-state index in [1.807, 2.05) is 13.8 Å². The highest BCUT2D eigenvalue weighted by Gasteiger charge is 2.42. The maximum atomic E-state index is 11.8. The molecule has 110 valence electrons. The molecule has 0 aromatic rings. The molecule has 0 saturated heterocycles. The fourth-order valence-corrected chi connectivity index (χ4v) is 2.53. The van der Waals surface area contributed by atoms with E-state index in [0.29, 0.717) is 31.2 Å². The number of nitrogens with one attached hydrogen (secondary N) is 2. The van der Waals surface area contributed by atoms with E-state index in [4.69, 9.17) is 0 Å². The summed E-state index contributed by atoms with van der Waals surface area (Å²) in [4.78, 5) is 23.3. The van der Waals surface area contributed by atoms with Gasteiger partial charge in [0.2, 0.25) is 0 Å². The molecule has 3 N–H and O–H groups in total. The van der Waals surface area contributed by atoms with Crippen LogP contribution in [0.1, 0.15) is 52.9 Å². The van der Waals surface area contributed by atoms with Gasteiger partial charge in [-0.1, -0.05) is 27.2 Å². The van der Waals surface area contributed by atoms with Crippen molar-refractivity contribution in [2.24, 2.45) is 11.8 Å². The number of carboxylic acid groups (broad SMARTS) is 1. The fraction of sp³-hybridized carbons (Fsp3) is 0.857. The summed E-state index contributed by atoms with van der Waals surface area (Å²) >= 11 is 0. The number of urea groups is 1. The SMILES string of the molecule is CCC1CCC(NC(=O)NCC(C)C)(C(=O)O)CC1. The molecule has 0 radical (unpaired) electrons. The van der Waals surface area contributed by atoms with Gasteiger partial charge in [-0.2, -0.15) is 0 Å².